The number of benzene rings is 2. The zero-order valence-electron chi connectivity index (χ0n) is 19.1. The molecule has 1 aromatic heterocycles. The van der Waals surface area contributed by atoms with Crippen LogP contribution in [0, 0.1) is 0 Å². The van der Waals surface area contributed by atoms with Gasteiger partial charge in [0.05, 0.1) is 18.8 Å². The molecule has 2 heterocycles. The lowest BCUT2D eigenvalue weighted by atomic mass is 10.1. The highest BCUT2D eigenvalue weighted by atomic mass is 35.5. The van der Waals surface area contributed by atoms with Crippen molar-refractivity contribution in [2.24, 2.45) is 0 Å². The van der Waals surface area contributed by atoms with Crippen LogP contribution in [-0.4, -0.2) is 65.4 Å². The van der Waals surface area contributed by atoms with Crippen LogP contribution in [-0.2, 0) is 10.9 Å². The van der Waals surface area contributed by atoms with Crippen molar-refractivity contribution in [2.75, 3.05) is 39.4 Å². The van der Waals surface area contributed by atoms with Crippen molar-refractivity contribution >= 4 is 17.5 Å². The second-order valence-corrected chi connectivity index (χ2v) is 8.42. The molecule has 3 aromatic rings. The van der Waals surface area contributed by atoms with Gasteiger partial charge in [-0.3, -0.25) is 9.69 Å². The summed E-state index contributed by atoms with van der Waals surface area (Å²) in [6.07, 6.45) is -3.82. The molecule has 0 radical (unpaired) electrons. The van der Waals surface area contributed by atoms with Gasteiger partial charge < -0.3 is 14.8 Å². The number of nitrogens with zero attached hydrogens (tertiary/aromatic N) is 4. The van der Waals surface area contributed by atoms with E-state index in [1.54, 1.807) is 24.3 Å². The van der Waals surface area contributed by atoms with Gasteiger partial charge in [0.25, 0.3) is 11.8 Å². The Kier molecular flexibility index (Phi) is 8.34. The van der Waals surface area contributed by atoms with Gasteiger partial charge in [-0.05, 0) is 49.4 Å². The Labute approximate surface area is 210 Å². The maximum absolute atomic E-state index is 13.2. The monoisotopic (exact) mass is 521 g/mol. The van der Waals surface area contributed by atoms with Crippen LogP contribution in [0.25, 0.3) is 11.4 Å². The number of morpholine rings is 1. The van der Waals surface area contributed by atoms with Crippen LogP contribution in [0.2, 0.25) is 5.02 Å². The van der Waals surface area contributed by atoms with E-state index >= 15 is 0 Å². The summed E-state index contributed by atoms with van der Waals surface area (Å²) in [5.74, 6) is -0.549. The number of alkyl halides is 3. The molecule has 1 saturated heterocycles. The van der Waals surface area contributed by atoms with Crippen LogP contribution < -0.4 is 10.1 Å². The number of halogens is 4. The summed E-state index contributed by atoms with van der Waals surface area (Å²) in [5, 5.41) is 11.1. The first kappa shape index (κ1) is 25.8. The Bertz CT molecular complexity index is 1190. The van der Waals surface area contributed by atoms with Crippen molar-refractivity contribution in [3.05, 3.63) is 64.8 Å². The predicted molar refractivity (Wildman–Crippen MR) is 126 cm³/mol. The highest BCUT2D eigenvalue weighted by molar-refractivity contribution is 6.30. The first-order chi connectivity index (χ1) is 17.3. The Morgan fingerprint density at radius 2 is 1.86 bits per heavy atom. The van der Waals surface area contributed by atoms with E-state index in [1.165, 1.54) is 12.1 Å². The average molecular weight is 522 g/mol. The van der Waals surface area contributed by atoms with Gasteiger partial charge >= 0.3 is 6.18 Å². The molecule has 1 fully saturated rings. The molecular weight excluding hydrogens is 499 g/mol. The Morgan fingerprint density at radius 1 is 1.11 bits per heavy atom. The minimum atomic E-state index is -4.53. The van der Waals surface area contributed by atoms with Crippen LogP contribution >= 0.6 is 11.6 Å². The van der Waals surface area contributed by atoms with Gasteiger partial charge in [-0.1, -0.05) is 23.7 Å². The molecule has 1 N–H and O–H groups in total. The van der Waals surface area contributed by atoms with Gasteiger partial charge in [0.1, 0.15) is 5.75 Å². The molecule has 2 aromatic carbocycles. The highest BCUT2D eigenvalue weighted by Gasteiger charge is 2.31. The lowest BCUT2D eigenvalue weighted by Crippen LogP contribution is -2.38. The average Bonchev–Trinajstić information content (AvgIpc) is 2.88. The highest BCUT2D eigenvalue weighted by Crippen LogP contribution is 2.32. The molecule has 0 spiro atoms. The minimum absolute atomic E-state index is 0.0794. The van der Waals surface area contributed by atoms with E-state index in [0.29, 0.717) is 37.0 Å². The first-order valence-electron chi connectivity index (χ1n) is 11.2. The molecule has 0 atom stereocenters. The number of carbonyl (C=O) groups is 1. The smallest absolute Gasteiger partial charge is 0.416 e. The van der Waals surface area contributed by atoms with E-state index in [1.807, 2.05) is 0 Å². The van der Waals surface area contributed by atoms with E-state index in [0.717, 1.165) is 31.8 Å². The van der Waals surface area contributed by atoms with Gasteiger partial charge in [0.15, 0.2) is 5.82 Å². The van der Waals surface area contributed by atoms with Crippen molar-refractivity contribution < 1.29 is 27.4 Å². The zero-order chi connectivity index (χ0) is 25.5. The van der Waals surface area contributed by atoms with Crippen LogP contribution in [0.4, 0.5) is 13.2 Å². The van der Waals surface area contributed by atoms with Crippen molar-refractivity contribution in [3.8, 4) is 23.0 Å². The maximum Gasteiger partial charge on any atom is 0.416 e. The number of hydrogen-bond acceptors (Lipinski definition) is 7. The summed E-state index contributed by atoms with van der Waals surface area (Å²) in [6.45, 7) is 4.26. The van der Waals surface area contributed by atoms with E-state index in [4.69, 9.17) is 21.1 Å². The summed E-state index contributed by atoms with van der Waals surface area (Å²) in [6, 6.07) is 10.8. The third-order valence-corrected chi connectivity index (χ3v) is 5.64. The number of nitrogens with one attached hydrogen (secondary N) is 1. The lowest BCUT2D eigenvalue weighted by Gasteiger charge is -2.26. The van der Waals surface area contributed by atoms with Crippen molar-refractivity contribution in [3.63, 3.8) is 0 Å². The lowest BCUT2D eigenvalue weighted by molar-refractivity contribution is -0.137. The van der Waals surface area contributed by atoms with E-state index in [9.17, 15) is 18.0 Å². The molecule has 0 aliphatic carbocycles. The van der Waals surface area contributed by atoms with Gasteiger partial charge in [-0.2, -0.15) is 18.2 Å². The summed E-state index contributed by atoms with van der Waals surface area (Å²) in [7, 11) is 0. The van der Waals surface area contributed by atoms with Gasteiger partial charge in [0.2, 0.25) is 5.69 Å². The van der Waals surface area contributed by atoms with Gasteiger partial charge in [-0.25, -0.2) is 0 Å². The molecule has 0 saturated carbocycles. The molecular formula is C24H23ClF3N5O3. The minimum Gasteiger partial charge on any atom is -0.437 e. The molecule has 36 heavy (non-hydrogen) atoms. The normalized spacial score (nSPS) is 14.4. The van der Waals surface area contributed by atoms with Crippen LogP contribution in [0.3, 0.4) is 0 Å². The number of aromatic nitrogens is 3. The van der Waals surface area contributed by atoms with Crippen LogP contribution in [0.15, 0.2) is 48.5 Å². The van der Waals surface area contributed by atoms with Crippen molar-refractivity contribution in [2.45, 2.75) is 12.6 Å². The molecule has 12 heteroatoms. The summed E-state index contributed by atoms with van der Waals surface area (Å²) in [5.41, 5.74) is -0.964. The van der Waals surface area contributed by atoms with Gasteiger partial charge in [0, 0.05) is 30.2 Å². The second kappa shape index (κ2) is 11.6. The fraction of sp³-hybridized carbons (Fsp3) is 0.333. The standard InChI is InChI=1S/C24H23ClF3N5O3/c25-18-5-7-19(8-6-18)36-23-20(22(34)29-9-2-10-33-11-13-35-14-12-33)31-32-21(30-23)16-3-1-4-17(15-16)24(26,27)28/h1,3-8,15H,2,9-14H2,(H,29,34). The second-order valence-electron chi connectivity index (χ2n) is 7.99. The van der Waals surface area contributed by atoms with Crippen LogP contribution in [0.5, 0.6) is 11.6 Å². The molecule has 0 bridgehead atoms. The molecule has 1 amide bonds. The predicted octanol–water partition coefficient (Wildman–Crippen LogP) is 4.46. The number of amides is 1. The topological polar surface area (TPSA) is 89.5 Å². The molecule has 1 aliphatic rings. The fourth-order valence-electron chi connectivity index (χ4n) is 3.51. The summed E-state index contributed by atoms with van der Waals surface area (Å²) >= 11 is 5.92. The Morgan fingerprint density at radius 3 is 2.58 bits per heavy atom. The zero-order valence-corrected chi connectivity index (χ0v) is 19.8. The Hall–Kier alpha value is -3.28. The molecule has 4 rings (SSSR count). The third-order valence-electron chi connectivity index (χ3n) is 5.39. The fourth-order valence-corrected chi connectivity index (χ4v) is 3.64. The number of carbonyl (C=O) groups excluding carboxylic acids is 1. The first-order valence-corrected chi connectivity index (χ1v) is 11.6. The molecule has 1 aliphatic heterocycles. The maximum atomic E-state index is 13.2. The molecule has 190 valence electrons. The number of hydrogen-bond donors (Lipinski definition) is 1. The third kappa shape index (κ3) is 6.90. The van der Waals surface area contributed by atoms with Gasteiger partial charge in [-0.15, -0.1) is 10.2 Å². The molecule has 0 unspecified atom stereocenters. The Balaban J connectivity index is 1.54. The quantitative estimate of drug-likeness (QED) is 0.438. The number of ether oxygens (including phenoxy) is 2. The van der Waals surface area contributed by atoms with Crippen molar-refractivity contribution in [1.82, 2.24) is 25.4 Å². The van der Waals surface area contributed by atoms with Crippen molar-refractivity contribution in [1.29, 1.82) is 0 Å². The SMILES string of the molecule is O=C(NCCCN1CCOCC1)c1nnc(-c2cccc(C(F)(F)F)c2)nc1Oc1ccc(Cl)cc1. The largest absolute Gasteiger partial charge is 0.437 e. The summed E-state index contributed by atoms with van der Waals surface area (Å²) < 4.78 is 50.6. The summed E-state index contributed by atoms with van der Waals surface area (Å²) in [4.78, 5) is 19.3. The molecule has 8 nitrogen and oxygen atoms in total. The van der Waals surface area contributed by atoms with E-state index in [2.05, 4.69) is 25.4 Å². The van der Waals surface area contributed by atoms with E-state index in [-0.39, 0.29) is 23.0 Å². The number of rotatable bonds is 8. The van der Waals surface area contributed by atoms with Crippen LogP contribution in [0.1, 0.15) is 22.5 Å². The van der Waals surface area contributed by atoms with E-state index < -0.39 is 17.6 Å².